The molecule has 0 aliphatic carbocycles. The number of anilines is 1. The fourth-order valence-corrected chi connectivity index (χ4v) is 4.38. The zero-order valence-electron chi connectivity index (χ0n) is 16.4. The van der Waals surface area contributed by atoms with Crippen molar-refractivity contribution in [3.05, 3.63) is 48.0 Å². The standard InChI is InChI=1S/C21H20F2N2O4S/c1-25-10-9-13(12-7-8-15-16(11-12)29-21(22,23)28-15)18(20(25)27)19(26)24-14-5-3-4-6-17(14)30-2/h3-8,11,13,18H,9-10H2,1-2H3,(H,24,26)/t13-,18+/m1/s1. The minimum atomic E-state index is -3.72. The van der Waals surface area contributed by atoms with Crippen LogP contribution >= 0.6 is 11.8 Å². The van der Waals surface area contributed by atoms with E-state index in [1.54, 1.807) is 25.2 Å². The summed E-state index contributed by atoms with van der Waals surface area (Å²) >= 11 is 1.48. The topological polar surface area (TPSA) is 67.9 Å². The number of fused-ring (bicyclic) bond motifs is 1. The lowest BCUT2D eigenvalue weighted by atomic mass is 9.79. The Labute approximate surface area is 176 Å². The highest BCUT2D eigenvalue weighted by Gasteiger charge is 2.45. The molecule has 2 aliphatic heterocycles. The van der Waals surface area contributed by atoms with E-state index < -0.39 is 24.0 Å². The van der Waals surface area contributed by atoms with Gasteiger partial charge in [0, 0.05) is 24.4 Å². The van der Waals surface area contributed by atoms with Crippen LogP contribution in [-0.2, 0) is 9.59 Å². The Bertz CT molecular complexity index is 1000. The Morgan fingerprint density at radius 3 is 2.70 bits per heavy atom. The van der Waals surface area contributed by atoms with E-state index >= 15 is 0 Å². The molecule has 9 heteroatoms. The molecule has 2 aromatic carbocycles. The molecule has 4 rings (SSSR count). The van der Waals surface area contributed by atoms with Crippen LogP contribution in [0.5, 0.6) is 11.5 Å². The number of carbonyl (C=O) groups is 2. The van der Waals surface area contributed by atoms with Crippen molar-refractivity contribution in [2.75, 3.05) is 25.2 Å². The van der Waals surface area contributed by atoms with E-state index in [4.69, 9.17) is 0 Å². The Balaban J connectivity index is 1.64. The quantitative estimate of drug-likeness (QED) is 0.583. The first-order valence-corrected chi connectivity index (χ1v) is 10.6. The van der Waals surface area contributed by atoms with E-state index in [0.29, 0.717) is 24.2 Å². The number of hydrogen-bond donors (Lipinski definition) is 1. The number of alkyl halides is 2. The van der Waals surface area contributed by atoms with Gasteiger partial charge >= 0.3 is 6.29 Å². The number of likely N-dealkylation sites (tertiary alicyclic amines) is 1. The van der Waals surface area contributed by atoms with Crippen LogP contribution < -0.4 is 14.8 Å². The molecule has 2 aliphatic rings. The molecule has 0 bridgehead atoms. The number of ether oxygens (including phenoxy) is 2. The SMILES string of the molecule is CSc1ccccc1NC(=O)[C@H]1C(=O)N(C)CC[C@@H]1c1ccc2c(c1)OC(F)(F)O2. The van der Waals surface area contributed by atoms with Crippen LogP contribution in [0.4, 0.5) is 14.5 Å². The second-order valence-electron chi connectivity index (χ2n) is 7.20. The number of carbonyl (C=O) groups excluding carboxylic acids is 2. The normalized spacial score (nSPS) is 22.1. The van der Waals surface area contributed by atoms with Gasteiger partial charge in [-0.2, -0.15) is 0 Å². The number of benzene rings is 2. The highest BCUT2D eigenvalue weighted by atomic mass is 32.2. The van der Waals surface area contributed by atoms with Gasteiger partial charge in [-0.25, -0.2) is 0 Å². The summed E-state index contributed by atoms with van der Waals surface area (Å²) in [4.78, 5) is 28.5. The molecule has 2 heterocycles. The maximum absolute atomic E-state index is 13.4. The largest absolute Gasteiger partial charge is 0.586 e. The van der Waals surface area contributed by atoms with Crippen LogP contribution in [0.3, 0.4) is 0 Å². The highest BCUT2D eigenvalue weighted by molar-refractivity contribution is 7.98. The Morgan fingerprint density at radius 2 is 1.93 bits per heavy atom. The summed E-state index contributed by atoms with van der Waals surface area (Å²) in [5, 5.41) is 2.86. The van der Waals surface area contributed by atoms with E-state index in [9.17, 15) is 18.4 Å². The molecular formula is C21H20F2N2O4S. The molecule has 2 amide bonds. The first-order chi connectivity index (χ1) is 14.3. The predicted octanol–water partition coefficient (Wildman–Crippen LogP) is 3.93. The van der Waals surface area contributed by atoms with Crippen molar-refractivity contribution in [2.24, 2.45) is 5.92 Å². The van der Waals surface area contributed by atoms with E-state index in [1.807, 2.05) is 18.4 Å². The number of piperidine rings is 1. The molecule has 0 saturated carbocycles. The molecule has 6 nitrogen and oxygen atoms in total. The Kier molecular flexibility index (Phi) is 5.31. The molecule has 2 aromatic rings. The summed E-state index contributed by atoms with van der Waals surface area (Å²) in [5.74, 6) is -2.37. The molecule has 1 saturated heterocycles. The Morgan fingerprint density at radius 1 is 1.20 bits per heavy atom. The van der Waals surface area contributed by atoms with Crippen molar-refractivity contribution >= 4 is 29.3 Å². The van der Waals surface area contributed by atoms with Crippen molar-refractivity contribution in [3.8, 4) is 11.5 Å². The van der Waals surface area contributed by atoms with Gasteiger partial charge in [0.15, 0.2) is 11.5 Å². The van der Waals surface area contributed by atoms with Gasteiger partial charge in [0.1, 0.15) is 5.92 Å². The fraction of sp³-hybridized carbons (Fsp3) is 0.333. The summed E-state index contributed by atoms with van der Waals surface area (Å²) in [7, 11) is 1.65. The molecule has 0 aromatic heterocycles. The van der Waals surface area contributed by atoms with Gasteiger partial charge < -0.3 is 19.7 Å². The third kappa shape index (κ3) is 3.81. The number of nitrogens with one attached hydrogen (secondary N) is 1. The van der Waals surface area contributed by atoms with Crippen LogP contribution in [0.1, 0.15) is 17.9 Å². The van der Waals surface area contributed by atoms with Crippen LogP contribution in [-0.4, -0.2) is 42.9 Å². The van der Waals surface area contributed by atoms with Gasteiger partial charge in [0.2, 0.25) is 11.8 Å². The van der Waals surface area contributed by atoms with Gasteiger partial charge in [-0.05, 0) is 42.5 Å². The second kappa shape index (κ2) is 7.79. The molecule has 158 valence electrons. The number of hydrogen-bond acceptors (Lipinski definition) is 5. The number of rotatable bonds is 4. The number of halogens is 2. The lowest BCUT2D eigenvalue weighted by molar-refractivity contribution is -0.286. The van der Waals surface area contributed by atoms with Crippen LogP contribution in [0.25, 0.3) is 0 Å². The predicted molar refractivity (Wildman–Crippen MR) is 108 cm³/mol. The number of para-hydroxylation sites is 1. The minimum absolute atomic E-state index is 0.0714. The molecular weight excluding hydrogens is 414 g/mol. The molecule has 2 atom stereocenters. The zero-order valence-corrected chi connectivity index (χ0v) is 17.2. The van der Waals surface area contributed by atoms with Crippen molar-refractivity contribution in [3.63, 3.8) is 0 Å². The monoisotopic (exact) mass is 434 g/mol. The summed E-state index contributed by atoms with van der Waals surface area (Å²) in [6.07, 6.45) is -1.31. The molecule has 0 spiro atoms. The Hall–Kier alpha value is -2.81. The van der Waals surface area contributed by atoms with E-state index in [2.05, 4.69) is 14.8 Å². The fourth-order valence-electron chi connectivity index (χ4n) is 3.83. The first-order valence-electron chi connectivity index (χ1n) is 9.38. The number of nitrogens with zero attached hydrogens (tertiary/aromatic N) is 1. The molecule has 0 unspecified atom stereocenters. The number of thioether (sulfide) groups is 1. The van der Waals surface area contributed by atoms with E-state index in [0.717, 1.165) is 4.90 Å². The third-order valence-electron chi connectivity index (χ3n) is 5.32. The zero-order chi connectivity index (χ0) is 21.5. The second-order valence-corrected chi connectivity index (χ2v) is 8.04. The van der Waals surface area contributed by atoms with Crippen molar-refractivity contribution in [1.82, 2.24) is 4.90 Å². The van der Waals surface area contributed by atoms with Gasteiger partial charge in [0.05, 0.1) is 5.69 Å². The smallest absolute Gasteiger partial charge is 0.395 e. The minimum Gasteiger partial charge on any atom is -0.395 e. The summed E-state index contributed by atoms with van der Waals surface area (Å²) in [6, 6.07) is 11.7. The van der Waals surface area contributed by atoms with E-state index in [-0.39, 0.29) is 17.4 Å². The van der Waals surface area contributed by atoms with Gasteiger partial charge in [-0.3, -0.25) is 9.59 Å². The lowest BCUT2D eigenvalue weighted by Gasteiger charge is -2.35. The third-order valence-corrected chi connectivity index (χ3v) is 6.12. The highest BCUT2D eigenvalue weighted by Crippen LogP contribution is 2.44. The van der Waals surface area contributed by atoms with Crippen molar-refractivity contribution in [2.45, 2.75) is 23.5 Å². The summed E-state index contributed by atoms with van der Waals surface area (Å²) in [5.41, 5.74) is 1.20. The lowest BCUT2D eigenvalue weighted by Crippen LogP contribution is -2.47. The van der Waals surface area contributed by atoms with Crippen LogP contribution in [0.2, 0.25) is 0 Å². The average Bonchev–Trinajstić information content (AvgIpc) is 3.03. The van der Waals surface area contributed by atoms with Crippen LogP contribution in [0, 0.1) is 5.92 Å². The maximum atomic E-state index is 13.4. The van der Waals surface area contributed by atoms with Crippen LogP contribution in [0.15, 0.2) is 47.4 Å². The van der Waals surface area contributed by atoms with Gasteiger partial charge in [0.25, 0.3) is 0 Å². The van der Waals surface area contributed by atoms with E-state index in [1.165, 1.54) is 28.8 Å². The molecule has 1 fully saturated rings. The summed E-state index contributed by atoms with van der Waals surface area (Å²) in [6.45, 7) is 0.458. The number of amides is 2. The molecule has 30 heavy (non-hydrogen) atoms. The molecule has 0 radical (unpaired) electrons. The first kappa shape index (κ1) is 20.5. The van der Waals surface area contributed by atoms with Crippen molar-refractivity contribution < 1.29 is 27.8 Å². The summed E-state index contributed by atoms with van der Waals surface area (Å²) < 4.78 is 35.7. The molecule has 1 N–H and O–H groups in total. The average molecular weight is 434 g/mol. The van der Waals surface area contributed by atoms with Gasteiger partial charge in [-0.15, -0.1) is 20.5 Å². The van der Waals surface area contributed by atoms with Crippen molar-refractivity contribution in [1.29, 1.82) is 0 Å². The maximum Gasteiger partial charge on any atom is 0.586 e. The van der Waals surface area contributed by atoms with Gasteiger partial charge in [-0.1, -0.05) is 18.2 Å².